The number of carbonyl (C=O) groups excluding carboxylic acids is 1. The van der Waals surface area contributed by atoms with Gasteiger partial charge in [-0.15, -0.1) is 0 Å². The van der Waals surface area contributed by atoms with Gasteiger partial charge < -0.3 is 15.4 Å². The molecule has 2 fully saturated rings. The molecule has 3 atom stereocenters. The van der Waals surface area contributed by atoms with Gasteiger partial charge in [0, 0.05) is 31.6 Å². The van der Waals surface area contributed by atoms with Crippen LogP contribution >= 0.6 is 0 Å². The number of rotatable bonds is 6. The van der Waals surface area contributed by atoms with Gasteiger partial charge in [-0.05, 0) is 59.5 Å². The molecule has 2 saturated heterocycles. The highest BCUT2D eigenvalue weighted by Crippen LogP contribution is 2.21. The molecule has 5 nitrogen and oxygen atoms in total. The SMILES string of the molecule is CC1CN(C(C)(C)CNC(=O)CCC2CCNC2)CC(C)O1. The molecule has 2 aliphatic rings. The van der Waals surface area contributed by atoms with Crippen LogP contribution in [0.4, 0.5) is 0 Å². The molecular formula is C17H33N3O2. The fourth-order valence-electron chi connectivity index (χ4n) is 3.48. The van der Waals surface area contributed by atoms with Crippen molar-refractivity contribution in [1.82, 2.24) is 15.5 Å². The summed E-state index contributed by atoms with van der Waals surface area (Å²) in [5.74, 6) is 0.869. The Hall–Kier alpha value is -0.650. The zero-order chi connectivity index (χ0) is 16.2. The first-order chi connectivity index (χ1) is 10.4. The van der Waals surface area contributed by atoms with E-state index >= 15 is 0 Å². The van der Waals surface area contributed by atoms with E-state index in [1.807, 2.05) is 0 Å². The van der Waals surface area contributed by atoms with Gasteiger partial charge in [-0.3, -0.25) is 9.69 Å². The molecule has 1 amide bonds. The topological polar surface area (TPSA) is 53.6 Å². The van der Waals surface area contributed by atoms with Crippen molar-refractivity contribution in [2.75, 3.05) is 32.7 Å². The molecule has 0 saturated carbocycles. The maximum atomic E-state index is 12.1. The molecule has 0 aromatic heterocycles. The predicted molar refractivity (Wildman–Crippen MR) is 88.9 cm³/mol. The van der Waals surface area contributed by atoms with Crippen LogP contribution in [0.15, 0.2) is 0 Å². The third-order valence-corrected chi connectivity index (χ3v) is 4.94. The summed E-state index contributed by atoms with van der Waals surface area (Å²) in [7, 11) is 0. The highest BCUT2D eigenvalue weighted by Gasteiger charge is 2.33. The Bertz CT molecular complexity index is 357. The van der Waals surface area contributed by atoms with Crippen molar-refractivity contribution in [2.24, 2.45) is 5.92 Å². The number of nitrogens with one attached hydrogen (secondary N) is 2. The van der Waals surface area contributed by atoms with E-state index in [0.717, 1.165) is 32.6 Å². The predicted octanol–water partition coefficient (Wildman–Crippen LogP) is 1.38. The number of ether oxygens (including phenoxy) is 1. The number of hydrogen-bond acceptors (Lipinski definition) is 4. The average molecular weight is 311 g/mol. The molecule has 0 radical (unpaired) electrons. The lowest BCUT2D eigenvalue weighted by Gasteiger charge is -2.45. The van der Waals surface area contributed by atoms with Crippen molar-refractivity contribution in [3.05, 3.63) is 0 Å². The lowest BCUT2D eigenvalue weighted by molar-refractivity contribution is -0.123. The maximum Gasteiger partial charge on any atom is 0.220 e. The summed E-state index contributed by atoms with van der Waals surface area (Å²) in [6.45, 7) is 13.4. The largest absolute Gasteiger partial charge is 0.373 e. The van der Waals surface area contributed by atoms with Crippen LogP contribution in [0.1, 0.15) is 47.0 Å². The van der Waals surface area contributed by atoms with Crippen molar-refractivity contribution in [3.63, 3.8) is 0 Å². The van der Waals surface area contributed by atoms with Crippen molar-refractivity contribution in [1.29, 1.82) is 0 Å². The molecule has 0 aromatic carbocycles. The molecule has 0 spiro atoms. The molecule has 0 bridgehead atoms. The monoisotopic (exact) mass is 311 g/mol. The van der Waals surface area contributed by atoms with Gasteiger partial charge in [0.1, 0.15) is 0 Å². The van der Waals surface area contributed by atoms with E-state index in [-0.39, 0.29) is 23.7 Å². The van der Waals surface area contributed by atoms with E-state index in [0.29, 0.717) is 18.9 Å². The lowest BCUT2D eigenvalue weighted by Crippen LogP contribution is -2.58. The molecule has 128 valence electrons. The van der Waals surface area contributed by atoms with Gasteiger partial charge in [-0.25, -0.2) is 0 Å². The van der Waals surface area contributed by atoms with Gasteiger partial charge in [0.2, 0.25) is 5.91 Å². The summed E-state index contributed by atoms with van der Waals surface area (Å²) in [6, 6.07) is 0. The Morgan fingerprint density at radius 2 is 2.00 bits per heavy atom. The molecular weight excluding hydrogens is 278 g/mol. The second kappa shape index (κ2) is 7.75. The summed E-state index contributed by atoms with van der Waals surface area (Å²) in [6.07, 6.45) is 3.38. The number of carbonyl (C=O) groups is 1. The Morgan fingerprint density at radius 1 is 1.32 bits per heavy atom. The molecule has 2 aliphatic heterocycles. The first-order valence-corrected chi connectivity index (χ1v) is 8.75. The highest BCUT2D eigenvalue weighted by atomic mass is 16.5. The number of morpholine rings is 1. The fourth-order valence-corrected chi connectivity index (χ4v) is 3.48. The molecule has 5 heteroatoms. The van der Waals surface area contributed by atoms with Crippen LogP contribution in [0.5, 0.6) is 0 Å². The van der Waals surface area contributed by atoms with Gasteiger partial charge in [0.15, 0.2) is 0 Å². The van der Waals surface area contributed by atoms with Crippen LogP contribution in [0.25, 0.3) is 0 Å². The van der Waals surface area contributed by atoms with Crippen LogP contribution in [0.3, 0.4) is 0 Å². The Labute approximate surface area is 135 Å². The number of hydrogen-bond donors (Lipinski definition) is 2. The van der Waals surface area contributed by atoms with Crippen LogP contribution < -0.4 is 10.6 Å². The van der Waals surface area contributed by atoms with Crippen molar-refractivity contribution >= 4 is 5.91 Å². The molecule has 3 unspecified atom stereocenters. The summed E-state index contributed by atoms with van der Waals surface area (Å²) in [5, 5.41) is 6.49. The fraction of sp³-hybridized carbons (Fsp3) is 0.941. The van der Waals surface area contributed by atoms with E-state index in [1.165, 1.54) is 6.42 Å². The molecule has 2 heterocycles. The summed E-state index contributed by atoms with van der Waals surface area (Å²) >= 11 is 0. The second-order valence-corrected chi connectivity index (χ2v) is 7.65. The Morgan fingerprint density at radius 3 is 2.59 bits per heavy atom. The molecule has 2 rings (SSSR count). The van der Waals surface area contributed by atoms with Crippen molar-refractivity contribution < 1.29 is 9.53 Å². The number of nitrogens with zero attached hydrogens (tertiary/aromatic N) is 1. The third-order valence-electron chi connectivity index (χ3n) is 4.94. The smallest absolute Gasteiger partial charge is 0.220 e. The van der Waals surface area contributed by atoms with Gasteiger partial charge in [-0.2, -0.15) is 0 Å². The van der Waals surface area contributed by atoms with Crippen LogP contribution in [0, 0.1) is 5.92 Å². The molecule has 0 aliphatic carbocycles. The first kappa shape index (κ1) is 17.7. The van der Waals surface area contributed by atoms with Gasteiger partial charge in [-0.1, -0.05) is 0 Å². The Balaban J connectivity index is 1.72. The normalized spacial score (nSPS) is 30.5. The van der Waals surface area contributed by atoms with Crippen LogP contribution in [-0.2, 0) is 9.53 Å². The van der Waals surface area contributed by atoms with E-state index in [2.05, 4.69) is 43.2 Å². The van der Waals surface area contributed by atoms with Crippen molar-refractivity contribution in [2.45, 2.75) is 64.7 Å². The second-order valence-electron chi connectivity index (χ2n) is 7.65. The maximum absolute atomic E-state index is 12.1. The van der Waals surface area contributed by atoms with Gasteiger partial charge >= 0.3 is 0 Å². The van der Waals surface area contributed by atoms with Crippen molar-refractivity contribution in [3.8, 4) is 0 Å². The number of amides is 1. The zero-order valence-electron chi connectivity index (χ0n) is 14.7. The first-order valence-electron chi connectivity index (χ1n) is 8.75. The molecule has 2 N–H and O–H groups in total. The van der Waals surface area contributed by atoms with Crippen LogP contribution in [0.2, 0.25) is 0 Å². The average Bonchev–Trinajstić information content (AvgIpc) is 2.95. The summed E-state index contributed by atoms with van der Waals surface area (Å²) in [4.78, 5) is 14.5. The quantitative estimate of drug-likeness (QED) is 0.778. The standard InChI is InChI=1S/C17H33N3O2/c1-13-10-20(11-14(2)22-13)17(3,4)12-19-16(21)6-5-15-7-8-18-9-15/h13-15,18H,5-12H2,1-4H3,(H,19,21). The minimum atomic E-state index is -0.0309. The molecule has 22 heavy (non-hydrogen) atoms. The Kier molecular flexibility index (Phi) is 6.24. The summed E-state index contributed by atoms with van der Waals surface area (Å²) < 4.78 is 5.80. The molecule has 0 aromatic rings. The van der Waals surface area contributed by atoms with E-state index < -0.39 is 0 Å². The van der Waals surface area contributed by atoms with Gasteiger partial charge in [0.25, 0.3) is 0 Å². The zero-order valence-corrected chi connectivity index (χ0v) is 14.7. The highest BCUT2D eigenvalue weighted by molar-refractivity contribution is 5.75. The van der Waals surface area contributed by atoms with Gasteiger partial charge in [0.05, 0.1) is 12.2 Å². The van der Waals surface area contributed by atoms with E-state index in [9.17, 15) is 4.79 Å². The van der Waals surface area contributed by atoms with E-state index in [4.69, 9.17) is 4.74 Å². The van der Waals surface area contributed by atoms with Crippen LogP contribution in [-0.4, -0.2) is 61.3 Å². The van der Waals surface area contributed by atoms with E-state index in [1.54, 1.807) is 0 Å². The third kappa shape index (κ3) is 5.21. The lowest BCUT2D eigenvalue weighted by atomic mass is 9.99. The summed E-state index contributed by atoms with van der Waals surface area (Å²) in [5.41, 5.74) is -0.0309. The minimum absolute atomic E-state index is 0.0309. The minimum Gasteiger partial charge on any atom is -0.373 e.